The van der Waals surface area contributed by atoms with Gasteiger partial charge < -0.3 is 38.3 Å². The number of carbonyl (C=O) groups excluding carboxylic acids is 6. The van der Waals surface area contributed by atoms with Crippen molar-refractivity contribution in [3.05, 3.63) is 23.8 Å². The molecule has 2 aliphatic heterocycles. The zero-order chi connectivity index (χ0) is 37.3. The van der Waals surface area contributed by atoms with Gasteiger partial charge in [0.05, 0.1) is 17.9 Å². The van der Waals surface area contributed by atoms with Crippen molar-refractivity contribution in [3.63, 3.8) is 0 Å². The van der Waals surface area contributed by atoms with Crippen LogP contribution in [-0.2, 0) is 61.9 Å². The maximum Gasteiger partial charge on any atom is 0.312 e. The van der Waals surface area contributed by atoms with Crippen molar-refractivity contribution in [3.8, 4) is 0 Å². The molecule has 1 saturated carbocycles. The highest BCUT2D eigenvalue weighted by molar-refractivity contribution is 5.78. The zero-order valence-electron chi connectivity index (χ0n) is 30.2. The molecule has 14 nitrogen and oxygen atoms in total. The lowest BCUT2D eigenvalue weighted by atomic mass is 9.52. The SMILES string of the molecule is CC(=O)OCC1=C\[C@@H]2OC(=O)[C@H](C)[C@]2(O)[C@@H](OC(C)=O)[C@H]2[C@@]3(CO3)[C@H](OC(=O)CC(C)C)C[C@H](OC(=O)CC(C)C)[C@]2(C)[C@@H](OC(C)=O)\C=C\1. The molecule has 0 aromatic carbocycles. The van der Waals surface area contributed by atoms with Gasteiger partial charge in [0.2, 0.25) is 0 Å². The Labute approximate surface area is 292 Å². The predicted molar refractivity (Wildman–Crippen MR) is 173 cm³/mol. The minimum absolute atomic E-state index is 0.0266. The second-order valence-electron chi connectivity index (χ2n) is 14.9. The summed E-state index contributed by atoms with van der Waals surface area (Å²) in [5.41, 5.74) is -5.09. The number of esters is 6. The first-order valence-corrected chi connectivity index (χ1v) is 17.1. The maximum absolute atomic E-state index is 13.5. The van der Waals surface area contributed by atoms with Gasteiger partial charge in [-0.15, -0.1) is 0 Å². The Kier molecular flexibility index (Phi) is 11.6. The number of ether oxygens (including phenoxy) is 7. The first-order chi connectivity index (χ1) is 23.2. The molecule has 14 heteroatoms. The van der Waals surface area contributed by atoms with E-state index >= 15 is 0 Å². The summed E-state index contributed by atoms with van der Waals surface area (Å²) in [6.07, 6.45) is -2.22. The van der Waals surface area contributed by atoms with Crippen LogP contribution < -0.4 is 0 Å². The third-order valence-corrected chi connectivity index (χ3v) is 10.0. The van der Waals surface area contributed by atoms with E-state index in [0.717, 1.165) is 6.92 Å². The van der Waals surface area contributed by atoms with Crippen molar-refractivity contribution in [1.82, 2.24) is 0 Å². The fourth-order valence-corrected chi connectivity index (χ4v) is 7.60. The molecule has 0 amide bonds. The van der Waals surface area contributed by atoms with E-state index in [-0.39, 0.29) is 49.9 Å². The lowest BCUT2D eigenvalue weighted by molar-refractivity contribution is -0.253. The van der Waals surface area contributed by atoms with Gasteiger partial charge >= 0.3 is 35.8 Å². The molecule has 1 spiro atoms. The predicted octanol–water partition coefficient (Wildman–Crippen LogP) is 2.91. The Balaban J connectivity index is 2.06. The molecule has 0 radical (unpaired) electrons. The lowest BCUT2D eigenvalue weighted by Crippen LogP contribution is -2.72. The molecule has 3 fully saturated rings. The Morgan fingerprint density at radius 2 is 1.46 bits per heavy atom. The second-order valence-corrected chi connectivity index (χ2v) is 14.9. The van der Waals surface area contributed by atoms with E-state index in [1.165, 1.54) is 39.0 Å². The van der Waals surface area contributed by atoms with Crippen molar-refractivity contribution in [1.29, 1.82) is 0 Å². The van der Waals surface area contributed by atoms with E-state index in [4.69, 9.17) is 33.2 Å². The molecule has 2 aliphatic carbocycles. The smallest absolute Gasteiger partial charge is 0.312 e. The van der Waals surface area contributed by atoms with E-state index < -0.39 is 94.8 Å². The molecule has 0 bridgehead atoms. The molecule has 0 unspecified atom stereocenters. The molecule has 10 atom stereocenters. The summed E-state index contributed by atoms with van der Waals surface area (Å²) in [4.78, 5) is 77.6. The summed E-state index contributed by atoms with van der Waals surface area (Å²) in [5, 5.41) is 12.9. The summed E-state index contributed by atoms with van der Waals surface area (Å²) in [7, 11) is 0. The van der Waals surface area contributed by atoms with Crippen molar-refractivity contribution in [2.24, 2.45) is 29.1 Å². The number of fused-ring (bicyclic) bond motifs is 3. The molecule has 2 heterocycles. The van der Waals surface area contributed by atoms with Crippen LogP contribution in [0.15, 0.2) is 23.8 Å². The highest BCUT2D eigenvalue weighted by Gasteiger charge is 2.78. The molecule has 4 rings (SSSR count). The van der Waals surface area contributed by atoms with Gasteiger partial charge in [-0.25, -0.2) is 0 Å². The van der Waals surface area contributed by atoms with E-state index in [9.17, 15) is 33.9 Å². The number of hydrogen-bond acceptors (Lipinski definition) is 14. The second kappa shape index (κ2) is 14.8. The Hall–Kier alpha value is -3.78. The largest absolute Gasteiger partial charge is 0.461 e. The number of aliphatic hydroxyl groups is 1. The molecule has 0 aromatic rings. The van der Waals surface area contributed by atoms with Crippen molar-refractivity contribution < 1.29 is 67.0 Å². The molecule has 0 aromatic heterocycles. The summed E-state index contributed by atoms with van der Waals surface area (Å²) >= 11 is 0. The average molecular weight is 707 g/mol. The molecule has 50 heavy (non-hydrogen) atoms. The van der Waals surface area contributed by atoms with Crippen LogP contribution in [0, 0.1) is 29.1 Å². The molecule has 1 N–H and O–H groups in total. The molecular formula is C36H50O14. The van der Waals surface area contributed by atoms with Gasteiger partial charge in [-0.1, -0.05) is 40.7 Å². The highest BCUT2D eigenvalue weighted by atomic mass is 16.6. The highest BCUT2D eigenvalue weighted by Crippen LogP contribution is 2.62. The van der Waals surface area contributed by atoms with Crippen LogP contribution in [0.4, 0.5) is 0 Å². The third kappa shape index (κ3) is 7.75. The van der Waals surface area contributed by atoms with Gasteiger partial charge in [0.15, 0.2) is 11.7 Å². The lowest BCUT2D eigenvalue weighted by Gasteiger charge is -2.57. The molecule has 4 aliphatic rings. The maximum atomic E-state index is 13.5. The summed E-state index contributed by atoms with van der Waals surface area (Å²) in [5.74, 6) is -6.78. The molecule has 2 saturated heterocycles. The summed E-state index contributed by atoms with van der Waals surface area (Å²) in [6, 6.07) is 0. The van der Waals surface area contributed by atoms with E-state index in [2.05, 4.69) is 0 Å². The minimum Gasteiger partial charge on any atom is -0.461 e. The van der Waals surface area contributed by atoms with Gasteiger partial charge in [0, 0.05) is 46.0 Å². The van der Waals surface area contributed by atoms with Crippen LogP contribution in [-0.4, -0.2) is 95.9 Å². The first-order valence-electron chi connectivity index (χ1n) is 17.1. The monoisotopic (exact) mass is 706 g/mol. The third-order valence-electron chi connectivity index (χ3n) is 10.0. The minimum atomic E-state index is -2.31. The Morgan fingerprint density at radius 1 is 0.900 bits per heavy atom. The number of hydrogen-bond donors (Lipinski definition) is 1. The number of epoxide rings is 1. The van der Waals surface area contributed by atoms with Crippen LogP contribution in [0.3, 0.4) is 0 Å². The van der Waals surface area contributed by atoms with Gasteiger partial charge in [-0.05, 0) is 36.5 Å². The molecule has 278 valence electrons. The normalized spacial score (nSPS) is 37.7. The van der Waals surface area contributed by atoms with E-state index in [0.29, 0.717) is 0 Å². The van der Waals surface area contributed by atoms with Crippen LogP contribution in [0.5, 0.6) is 0 Å². The van der Waals surface area contributed by atoms with Crippen LogP contribution >= 0.6 is 0 Å². The quantitative estimate of drug-likeness (QED) is 0.198. The van der Waals surface area contributed by atoms with Crippen molar-refractivity contribution >= 4 is 35.8 Å². The fraction of sp³-hybridized carbons (Fsp3) is 0.722. The number of carbonyl (C=O) groups is 6. The number of rotatable bonds is 10. The van der Waals surface area contributed by atoms with Gasteiger partial charge in [0.25, 0.3) is 0 Å². The fourth-order valence-electron chi connectivity index (χ4n) is 7.60. The van der Waals surface area contributed by atoms with Crippen molar-refractivity contribution in [2.75, 3.05) is 13.2 Å². The van der Waals surface area contributed by atoms with Gasteiger partial charge in [0.1, 0.15) is 36.6 Å². The molecular weight excluding hydrogens is 656 g/mol. The Morgan fingerprint density at radius 3 is 1.96 bits per heavy atom. The van der Waals surface area contributed by atoms with Crippen LogP contribution in [0.25, 0.3) is 0 Å². The van der Waals surface area contributed by atoms with Crippen molar-refractivity contribution in [2.45, 2.75) is 123 Å². The Bertz CT molecular complexity index is 1430. The first kappa shape index (κ1) is 39.0. The van der Waals surface area contributed by atoms with Gasteiger partial charge in [-0.2, -0.15) is 0 Å². The van der Waals surface area contributed by atoms with Crippen LogP contribution in [0.2, 0.25) is 0 Å². The zero-order valence-corrected chi connectivity index (χ0v) is 30.2. The summed E-state index contributed by atoms with van der Waals surface area (Å²) < 4.78 is 41.4. The van der Waals surface area contributed by atoms with Crippen LogP contribution in [0.1, 0.15) is 81.6 Å². The van der Waals surface area contributed by atoms with E-state index in [1.807, 2.05) is 27.7 Å². The summed E-state index contributed by atoms with van der Waals surface area (Å²) in [6.45, 7) is 13.6. The average Bonchev–Trinajstić information content (AvgIpc) is 3.73. The van der Waals surface area contributed by atoms with E-state index in [1.54, 1.807) is 6.92 Å². The van der Waals surface area contributed by atoms with Gasteiger partial charge in [-0.3, -0.25) is 28.8 Å². The standard InChI is InChI=1S/C36H50O14/c1-18(2)12-29(40)48-26-15-27(49-30(41)13-19(3)4)35(17-45-35)31-32(47-23(8)39)36(43)20(5)33(42)50-28(36)14-24(16-44-21(6)37)10-11-25(34(26,31)9)46-22(7)38/h10-11,14,18-20,25-28,31-32,43H,12-13,15-17H2,1-9H3/b11-10+,24-14-/t20-,25-,26-,27+,28-,31+,32-,34-,35+,36+/m0/s1. The topological polar surface area (TPSA) is 191 Å².